The average molecular weight is 398 g/mol. The predicted molar refractivity (Wildman–Crippen MR) is 112 cm³/mol. The zero-order chi connectivity index (χ0) is 19.9. The van der Waals surface area contributed by atoms with Crippen LogP contribution in [0, 0.1) is 0 Å². The van der Waals surface area contributed by atoms with Gasteiger partial charge >= 0.3 is 0 Å². The van der Waals surface area contributed by atoms with Gasteiger partial charge in [0, 0.05) is 23.2 Å². The molecule has 0 unspecified atom stereocenters. The average Bonchev–Trinajstić information content (AvgIpc) is 3.16. The Morgan fingerprint density at radius 3 is 2.25 bits per heavy atom. The molecule has 0 bridgehead atoms. The topological polar surface area (TPSA) is 63.7 Å². The number of aromatic nitrogens is 1. The first-order valence-electron chi connectivity index (χ1n) is 8.78. The van der Waals surface area contributed by atoms with Crippen molar-refractivity contribution in [3.63, 3.8) is 0 Å². The molecular weight excluding hydrogens is 374 g/mol. The maximum atomic E-state index is 12.2. The van der Waals surface area contributed by atoms with Gasteiger partial charge in [0.05, 0.1) is 26.5 Å². The Hall–Kier alpha value is -2.90. The number of likely N-dealkylation sites (N-methyl/N-ethyl adjacent to an activating group) is 1. The maximum absolute atomic E-state index is 12.2. The molecule has 0 aliphatic carbocycles. The van der Waals surface area contributed by atoms with E-state index in [0.717, 1.165) is 33.5 Å². The van der Waals surface area contributed by atoms with E-state index in [1.807, 2.05) is 65.9 Å². The van der Waals surface area contributed by atoms with E-state index in [0.29, 0.717) is 6.54 Å². The highest BCUT2D eigenvalue weighted by Crippen LogP contribution is 2.26. The number of benzene rings is 2. The summed E-state index contributed by atoms with van der Waals surface area (Å²) in [4.78, 5) is 18.9. The Bertz CT molecular complexity index is 907. The molecule has 1 heterocycles. The fourth-order valence-corrected chi connectivity index (χ4v) is 3.52. The lowest BCUT2D eigenvalue weighted by Crippen LogP contribution is -2.29. The number of ether oxygens (including phenoxy) is 2. The minimum atomic E-state index is -0.0710. The van der Waals surface area contributed by atoms with Crippen molar-refractivity contribution in [2.45, 2.75) is 6.54 Å². The SMILES string of the molecule is COc1ccc(NC(=O)CN(C)Cc2csc(-c3ccc(OC)cc3)n2)cc1. The number of hydrogen-bond donors (Lipinski definition) is 1. The molecule has 7 heteroatoms. The fourth-order valence-electron chi connectivity index (χ4n) is 2.70. The molecule has 0 fully saturated rings. The summed E-state index contributed by atoms with van der Waals surface area (Å²) in [6, 6.07) is 15.1. The Balaban J connectivity index is 1.53. The summed E-state index contributed by atoms with van der Waals surface area (Å²) in [6.07, 6.45) is 0. The van der Waals surface area contributed by atoms with E-state index in [2.05, 4.69) is 10.3 Å². The van der Waals surface area contributed by atoms with Gasteiger partial charge in [0.1, 0.15) is 16.5 Å². The molecule has 2 aromatic carbocycles. The maximum Gasteiger partial charge on any atom is 0.238 e. The Labute approximate surface area is 168 Å². The number of anilines is 1. The van der Waals surface area contributed by atoms with Crippen molar-refractivity contribution in [2.24, 2.45) is 0 Å². The largest absolute Gasteiger partial charge is 0.497 e. The molecule has 0 atom stereocenters. The second-order valence-electron chi connectivity index (χ2n) is 6.32. The molecule has 6 nitrogen and oxygen atoms in total. The van der Waals surface area contributed by atoms with Crippen LogP contribution in [0.4, 0.5) is 5.69 Å². The lowest BCUT2D eigenvalue weighted by atomic mass is 10.2. The van der Waals surface area contributed by atoms with E-state index >= 15 is 0 Å². The molecule has 1 amide bonds. The number of hydrogen-bond acceptors (Lipinski definition) is 6. The number of nitrogens with zero attached hydrogens (tertiary/aromatic N) is 2. The highest BCUT2D eigenvalue weighted by Gasteiger charge is 2.11. The molecule has 0 saturated carbocycles. The molecular formula is C21H23N3O3S. The van der Waals surface area contributed by atoms with Crippen molar-refractivity contribution < 1.29 is 14.3 Å². The minimum Gasteiger partial charge on any atom is -0.497 e. The molecule has 28 heavy (non-hydrogen) atoms. The predicted octanol–water partition coefficient (Wildman–Crippen LogP) is 3.90. The number of rotatable bonds is 8. The first-order valence-corrected chi connectivity index (χ1v) is 9.66. The van der Waals surface area contributed by atoms with Crippen LogP contribution in [-0.2, 0) is 11.3 Å². The highest BCUT2D eigenvalue weighted by atomic mass is 32.1. The van der Waals surface area contributed by atoms with Gasteiger partial charge < -0.3 is 14.8 Å². The minimum absolute atomic E-state index is 0.0710. The Kier molecular flexibility index (Phi) is 6.62. The van der Waals surface area contributed by atoms with Crippen LogP contribution in [0.5, 0.6) is 11.5 Å². The first kappa shape index (κ1) is 19.9. The van der Waals surface area contributed by atoms with Crippen LogP contribution in [0.2, 0.25) is 0 Å². The molecule has 0 aliphatic rings. The number of nitrogens with one attached hydrogen (secondary N) is 1. The van der Waals surface area contributed by atoms with Gasteiger partial charge in [-0.25, -0.2) is 4.98 Å². The molecule has 146 valence electrons. The molecule has 0 saturated heterocycles. The summed E-state index contributed by atoms with van der Waals surface area (Å²) in [7, 11) is 5.16. The lowest BCUT2D eigenvalue weighted by Gasteiger charge is -2.15. The van der Waals surface area contributed by atoms with Gasteiger partial charge in [-0.15, -0.1) is 11.3 Å². The van der Waals surface area contributed by atoms with E-state index in [-0.39, 0.29) is 12.5 Å². The molecule has 3 aromatic rings. The van der Waals surface area contributed by atoms with E-state index < -0.39 is 0 Å². The summed E-state index contributed by atoms with van der Waals surface area (Å²) in [5.41, 5.74) is 2.74. The second kappa shape index (κ2) is 9.34. The van der Waals surface area contributed by atoms with E-state index in [9.17, 15) is 4.79 Å². The van der Waals surface area contributed by atoms with Gasteiger partial charge in [0.2, 0.25) is 5.91 Å². The number of carbonyl (C=O) groups excluding carboxylic acids is 1. The van der Waals surface area contributed by atoms with Crippen LogP contribution in [0.25, 0.3) is 10.6 Å². The van der Waals surface area contributed by atoms with E-state index in [4.69, 9.17) is 9.47 Å². The van der Waals surface area contributed by atoms with Crippen molar-refractivity contribution in [3.8, 4) is 22.1 Å². The molecule has 1 N–H and O–H groups in total. The van der Waals surface area contributed by atoms with Crippen LogP contribution in [0.1, 0.15) is 5.69 Å². The van der Waals surface area contributed by atoms with Crippen LogP contribution < -0.4 is 14.8 Å². The van der Waals surface area contributed by atoms with Gasteiger partial charge in [0.15, 0.2) is 0 Å². The molecule has 3 rings (SSSR count). The summed E-state index contributed by atoms with van der Waals surface area (Å²) < 4.78 is 10.3. The third-order valence-electron chi connectivity index (χ3n) is 4.11. The molecule has 0 aliphatic heterocycles. The van der Waals surface area contributed by atoms with Crippen molar-refractivity contribution in [2.75, 3.05) is 33.1 Å². The number of carbonyl (C=O) groups is 1. The van der Waals surface area contributed by atoms with Crippen LogP contribution in [-0.4, -0.2) is 43.6 Å². The fraction of sp³-hybridized carbons (Fsp3) is 0.238. The smallest absolute Gasteiger partial charge is 0.238 e. The van der Waals surface area contributed by atoms with Gasteiger partial charge in [-0.1, -0.05) is 0 Å². The highest BCUT2D eigenvalue weighted by molar-refractivity contribution is 7.13. The van der Waals surface area contributed by atoms with Crippen molar-refractivity contribution in [1.29, 1.82) is 0 Å². The lowest BCUT2D eigenvalue weighted by molar-refractivity contribution is -0.117. The number of methoxy groups -OCH3 is 2. The molecule has 1 aromatic heterocycles. The summed E-state index contributed by atoms with van der Waals surface area (Å²) in [6.45, 7) is 0.879. The normalized spacial score (nSPS) is 10.7. The van der Waals surface area contributed by atoms with Gasteiger partial charge in [-0.3, -0.25) is 9.69 Å². The summed E-state index contributed by atoms with van der Waals surface area (Å²) in [5.74, 6) is 1.51. The van der Waals surface area contributed by atoms with E-state index in [1.54, 1.807) is 25.6 Å². The van der Waals surface area contributed by atoms with Gasteiger partial charge in [0.25, 0.3) is 0 Å². The molecule has 0 spiro atoms. The molecule has 0 radical (unpaired) electrons. The first-order chi connectivity index (χ1) is 13.6. The summed E-state index contributed by atoms with van der Waals surface area (Å²) in [5, 5.41) is 5.86. The van der Waals surface area contributed by atoms with Crippen LogP contribution in [0.3, 0.4) is 0 Å². The van der Waals surface area contributed by atoms with Gasteiger partial charge in [-0.2, -0.15) is 0 Å². The van der Waals surface area contributed by atoms with Crippen molar-refractivity contribution >= 4 is 22.9 Å². The van der Waals surface area contributed by atoms with Crippen molar-refractivity contribution in [3.05, 3.63) is 59.6 Å². The summed E-state index contributed by atoms with van der Waals surface area (Å²) >= 11 is 1.59. The third kappa shape index (κ3) is 5.31. The number of thiazole rings is 1. The number of amides is 1. The van der Waals surface area contributed by atoms with E-state index in [1.165, 1.54) is 0 Å². The zero-order valence-corrected chi connectivity index (χ0v) is 17.0. The van der Waals surface area contributed by atoms with Crippen LogP contribution >= 0.6 is 11.3 Å². The Morgan fingerprint density at radius 1 is 1.04 bits per heavy atom. The second-order valence-corrected chi connectivity index (χ2v) is 7.18. The third-order valence-corrected chi connectivity index (χ3v) is 5.05. The van der Waals surface area contributed by atoms with Crippen LogP contribution in [0.15, 0.2) is 53.9 Å². The van der Waals surface area contributed by atoms with Gasteiger partial charge in [-0.05, 0) is 55.6 Å². The monoisotopic (exact) mass is 397 g/mol. The standard InChI is InChI=1S/C21H23N3O3S/c1-24(13-20(25)22-16-6-10-19(27-3)11-7-16)12-17-14-28-21(23-17)15-4-8-18(26-2)9-5-15/h4-11,14H,12-13H2,1-3H3,(H,22,25). The zero-order valence-electron chi connectivity index (χ0n) is 16.1. The van der Waals surface area contributed by atoms with Crippen molar-refractivity contribution in [1.82, 2.24) is 9.88 Å². The Morgan fingerprint density at radius 2 is 1.64 bits per heavy atom. The quantitative estimate of drug-likeness (QED) is 0.625.